The molecule has 1 aromatic carbocycles. The van der Waals surface area contributed by atoms with E-state index in [1.807, 2.05) is 0 Å². The highest BCUT2D eigenvalue weighted by molar-refractivity contribution is 6.30. The lowest BCUT2D eigenvalue weighted by atomic mass is 9.75. The lowest BCUT2D eigenvalue weighted by Gasteiger charge is -2.35. The van der Waals surface area contributed by atoms with Crippen molar-refractivity contribution in [2.45, 2.75) is 30.9 Å². The van der Waals surface area contributed by atoms with E-state index < -0.39 is 23.2 Å². The van der Waals surface area contributed by atoms with Gasteiger partial charge in [0.1, 0.15) is 17.5 Å². The Labute approximate surface area is 103 Å². The molecule has 2 rings (SSSR count). The van der Waals surface area contributed by atoms with Crippen LogP contribution < -0.4 is 5.73 Å². The molecule has 0 radical (unpaired) electrons. The van der Waals surface area contributed by atoms with Crippen LogP contribution in [0, 0.1) is 5.82 Å². The van der Waals surface area contributed by atoms with Crippen molar-refractivity contribution in [1.29, 1.82) is 0 Å². The molecule has 3 N–H and O–H groups in total. The van der Waals surface area contributed by atoms with Crippen molar-refractivity contribution < 1.29 is 14.3 Å². The lowest BCUT2D eigenvalue weighted by Crippen LogP contribution is -2.53. The average Bonchev–Trinajstić information content (AvgIpc) is 2.29. The summed E-state index contributed by atoms with van der Waals surface area (Å²) in [5, 5.41) is 9.48. The van der Waals surface area contributed by atoms with Crippen LogP contribution in [0.25, 0.3) is 0 Å². The molecule has 1 fully saturated rings. The highest BCUT2D eigenvalue weighted by Gasteiger charge is 2.44. The Morgan fingerprint density at radius 3 is 2.94 bits per heavy atom. The fourth-order valence-electron chi connectivity index (χ4n) is 2.24. The first-order valence-corrected chi connectivity index (χ1v) is 5.80. The molecular weight excluding hydrogens is 245 g/mol. The standard InChI is InChI=1S/C12H13ClFNO2/c13-8-4-1-3-7(10(8)14)12(15)6-2-5-9(16)11(12)17/h1,3-4,9,16H,2,5-6,15H2. The highest BCUT2D eigenvalue weighted by atomic mass is 35.5. The minimum atomic E-state index is -1.47. The molecule has 0 heterocycles. The number of ketones is 1. The molecule has 0 aliphatic heterocycles. The zero-order chi connectivity index (χ0) is 12.6. The number of Topliss-reactive ketones (excluding diaryl/α,β-unsaturated/α-hetero) is 1. The predicted molar refractivity (Wildman–Crippen MR) is 62.1 cm³/mol. The number of rotatable bonds is 1. The highest BCUT2D eigenvalue weighted by Crippen LogP contribution is 2.35. The van der Waals surface area contributed by atoms with E-state index in [-0.39, 0.29) is 10.6 Å². The number of aliphatic hydroxyl groups is 1. The van der Waals surface area contributed by atoms with Gasteiger partial charge in [-0.3, -0.25) is 4.79 Å². The fraction of sp³-hybridized carbons (Fsp3) is 0.417. The maximum atomic E-state index is 13.9. The number of halogens is 2. The van der Waals surface area contributed by atoms with E-state index in [0.717, 1.165) is 0 Å². The lowest BCUT2D eigenvalue weighted by molar-refractivity contribution is -0.136. The minimum absolute atomic E-state index is 0.0637. The normalized spacial score (nSPS) is 29.4. The van der Waals surface area contributed by atoms with Gasteiger partial charge in [-0.05, 0) is 25.3 Å². The van der Waals surface area contributed by atoms with Crippen LogP contribution >= 0.6 is 11.6 Å². The van der Waals surface area contributed by atoms with Crippen LogP contribution in [0.15, 0.2) is 18.2 Å². The fourth-order valence-corrected chi connectivity index (χ4v) is 2.42. The molecule has 1 aliphatic carbocycles. The van der Waals surface area contributed by atoms with Gasteiger partial charge in [-0.1, -0.05) is 23.7 Å². The van der Waals surface area contributed by atoms with E-state index in [1.54, 1.807) is 6.07 Å². The van der Waals surface area contributed by atoms with Crippen molar-refractivity contribution in [3.05, 3.63) is 34.6 Å². The second kappa shape index (κ2) is 4.37. The number of hydrogen-bond acceptors (Lipinski definition) is 3. The van der Waals surface area contributed by atoms with Gasteiger partial charge >= 0.3 is 0 Å². The molecule has 3 nitrogen and oxygen atoms in total. The molecule has 2 unspecified atom stereocenters. The van der Waals surface area contributed by atoms with Crippen molar-refractivity contribution in [2.75, 3.05) is 0 Å². The Balaban J connectivity index is 2.50. The number of carbonyl (C=O) groups excluding carboxylic acids is 1. The third-order valence-corrected chi connectivity index (χ3v) is 3.52. The number of carbonyl (C=O) groups is 1. The van der Waals surface area contributed by atoms with Gasteiger partial charge in [-0.15, -0.1) is 0 Å². The summed E-state index contributed by atoms with van der Waals surface area (Å²) in [6.07, 6.45) is 0.155. The molecule has 5 heteroatoms. The molecule has 0 amide bonds. The topological polar surface area (TPSA) is 63.3 Å². The molecule has 0 aromatic heterocycles. The summed E-state index contributed by atoms with van der Waals surface area (Å²) < 4.78 is 13.9. The number of aliphatic hydroxyl groups excluding tert-OH is 1. The van der Waals surface area contributed by atoms with E-state index in [2.05, 4.69) is 0 Å². The molecule has 2 atom stereocenters. The van der Waals surface area contributed by atoms with Gasteiger partial charge in [0.25, 0.3) is 0 Å². The van der Waals surface area contributed by atoms with Crippen LogP contribution in [0.2, 0.25) is 5.02 Å². The van der Waals surface area contributed by atoms with Crippen molar-refractivity contribution in [1.82, 2.24) is 0 Å². The van der Waals surface area contributed by atoms with Gasteiger partial charge in [-0.25, -0.2) is 4.39 Å². The van der Waals surface area contributed by atoms with Crippen LogP contribution in [0.4, 0.5) is 4.39 Å². The van der Waals surface area contributed by atoms with Gasteiger partial charge in [0, 0.05) is 5.56 Å². The maximum absolute atomic E-state index is 13.9. The summed E-state index contributed by atoms with van der Waals surface area (Å²) in [5.74, 6) is -1.22. The predicted octanol–water partition coefficient (Wildman–Crippen LogP) is 1.75. The monoisotopic (exact) mass is 257 g/mol. The summed E-state index contributed by atoms with van der Waals surface area (Å²) in [6, 6.07) is 4.38. The summed E-state index contributed by atoms with van der Waals surface area (Å²) in [7, 11) is 0. The van der Waals surface area contributed by atoms with Crippen molar-refractivity contribution in [2.24, 2.45) is 5.73 Å². The van der Waals surface area contributed by atoms with Gasteiger partial charge in [0.15, 0.2) is 5.78 Å². The third kappa shape index (κ3) is 1.97. The summed E-state index contributed by atoms with van der Waals surface area (Å²) in [5.41, 5.74) is 4.57. The summed E-state index contributed by atoms with van der Waals surface area (Å²) >= 11 is 5.67. The first-order valence-electron chi connectivity index (χ1n) is 5.42. The van der Waals surface area contributed by atoms with Crippen LogP contribution in [0.1, 0.15) is 24.8 Å². The van der Waals surface area contributed by atoms with Crippen LogP contribution in [0.5, 0.6) is 0 Å². The van der Waals surface area contributed by atoms with E-state index in [4.69, 9.17) is 17.3 Å². The summed E-state index contributed by atoms with van der Waals surface area (Å²) in [4.78, 5) is 11.9. The minimum Gasteiger partial charge on any atom is -0.385 e. The Hall–Kier alpha value is -0.970. The van der Waals surface area contributed by atoms with E-state index in [1.165, 1.54) is 12.1 Å². The quantitative estimate of drug-likeness (QED) is 0.806. The number of hydrogen-bond donors (Lipinski definition) is 2. The molecule has 0 spiro atoms. The van der Waals surface area contributed by atoms with Gasteiger partial charge < -0.3 is 10.8 Å². The Morgan fingerprint density at radius 1 is 1.53 bits per heavy atom. The van der Waals surface area contributed by atoms with Crippen LogP contribution in [-0.4, -0.2) is 17.0 Å². The zero-order valence-corrected chi connectivity index (χ0v) is 9.88. The molecule has 1 aromatic rings. The Kier molecular flexibility index (Phi) is 3.21. The van der Waals surface area contributed by atoms with Crippen LogP contribution in [0.3, 0.4) is 0 Å². The zero-order valence-electron chi connectivity index (χ0n) is 9.12. The first-order chi connectivity index (χ1) is 7.97. The van der Waals surface area contributed by atoms with Crippen LogP contribution in [-0.2, 0) is 10.3 Å². The van der Waals surface area contributed by atoms with Crippen molar-refractivity contribution >= 4 is 17.4 Å². The number of nitrogens with two attached hydrogens (primary N) is 1. The molecule has 0 bridgehead atoms. The summed E-state index contributed by atoms with van der Waals surface area (Å²) in [6.45, 7) is 0. The Bertz CT molecular complexity index is 466. The van der Waals surface area contributed by atoms with Gasteiger partial charge in [0.2, 0.25) is 0 Å². The third-order valence-electron chi connectivity index (χ3n) is 3.22. The van der Waals surface area contributed by atoms with E-state index >= 15 is 0 Å². The Morgan fingerprint density at radius 2 is 2.24 bits per heavy atom. The second-order valence-corrected chi connectivity index (χ2v) is 4.75. The van der Waals surface area contributed by atoms with E-state index in [9.17, 15) is 14.3 Å². The van der Waals surface area contributed by atoms with Crippen molar-refractivity contribution in [3.8, 4) is 0 Å². The van der Waals surface area contributed by atoms with Gasteiger partial charge in [-0.2, -0.15) is 0 Å². The SMILES string of the molecule is NC1(c2cccc(Cl)c2F)CCCC(O)C1=O. The van der Waals surface area contributed by atoms with Crippen molar-refractivity contribution in [3.63, 3.8) is 0 Å². The van der Waals surface area contributed by atoms with Gasteiger partial charge in [0.05, 0.1) is 5.02 Å². The molecule has 17 heavy (non-hydrogen) atoms. The first kappa shape index (κ1) is 12.5. The number of benzene rings is 1. The van der Waals surface area contributed by atoms with E-state index in [0.29, 0.717) is 19.3 Å². The smallest absolute Gasteiger partial charge is 0.185 e. The molecule has 92 valence electrons. The second-order valence-electron chi connectivity index (χ2n) is 4.35. The maximum Gasteiger partial charge on any atom is 0.185 e. The average molecular weight is 258 g/mol. The molecule has 1 saturated carbocycles. The molecular formula is C12H13ClFNO2. The largest absolute Gasteiger partial charge is 0.385 e. The molecule has 1 aliphatic rings. The molecule has 0 saturated heterocycles.